The minimum absolute atomic E-state index is 0.0611. The first kappa shape index (κ1) is 14.0. The van der Waals surface area contributed by atoms with Gasteiger partial charge in [0.05, 0.1) is 6.10 Å². The Labute approximate surface area is 102 Å². The third kappa shape index (κ3) is 4.08. The first-order valence-electron chi connectivity index (χ1n) is 7.11. The van der Waals surface area contributed by atoms with Gasteiger partial charge in [0.2, 0.25) is 0 Å². The Balaban J connectivity index is 2.36. The Morgan fingerprint density at radius 2 is 1.88 bits per heavy atom. The number of rotatable bonds is 5. The summed E-state index contributed by atoms with van der Waals surface area (Å²) in [7, 11) is 0. The van der Waals surface area contributed by atoms with Gasteiger partial charge in [-0.2, -0.15) is 0 Å². The number of hydrogen-bond donors (Lipinski definition) is 1. The van der Waals surface area contributed by atoms with E-state index in [1.807, 2.05) is 0 Å². The molecule has 0 aromatic heterocycles. The molecule has 1 nitrogen and oxygen atoms in total. The van der Waals surface area contributed by atoms with E-state index in [1.165, 1.54) is 38.5 Å². The third-order valence-corrected chi connectivity index (χ3v) is 4.34. The van der Waals surface area contributed by atoms with Crippen LogP contribution in [0.1, 0.15) is 72.6 Å². The zero-order chi connectivity index (χ0) is 12.2. The summed E-state index contributed by atoms with van der Waals surface area (Å²) in [6, 6.07) is 0. The Bertz CT molecular complexity index is 196. The fourth-order valence-electron chi connectivity index (χ4n) is 3.17. The molecule has 0 amide bonds. The van der Waals surface area contributed by atoms with Gasteiger partial charge >= 0.3 is 0 Å². The molecule has 0 aromatic carbocycles. The maximum atomic E-state index is 10.3. The van der Waals surface area contributed by atoms with E-state index in [1.54, 1.807) is 0 Å². The molecule has 0 saturated heterocycles. The molecule has 1 aliphatic carbocycles. The lowest BCUT2D eigenvalue weighted by Gasteiger charge is -2.41. The van der Waals surface area contributed by atoms with Crippen molar-refractivity contribution in [3.05, 3.63) is 0 Å². The molecule has 1 rings (SSSR count). The standard InChI is InChI=1S/C15H30O/c1-12(2)8-7-10-14(16)13-9-5-6-11-15(13,3)4/h12-14,16H,5-11H2,1-4H3. The second kappa shape index (κ2) is 6.05. The van der Waals surface area contributed by atoms with Crippen molar-refractivity contribution in [3.8, 4) is 0 Å². The lowest BCUT2D eigenvalue weighted by Crippen LogP contribution is -2.36. The zero-order valence-corrected chi connectivity index (χ0v) is 11.6. The van der Waals surface area contributed by atoms with E-state index < -0.39 is 0 Å². The average molecular weight is 226 g/mol. The van der Waals surface area contributed by atoms with Gasteiger partial charge in [-0.05, 0) is 36.5 Å². The van der Waals surface area contributed by atoms with Gasteiger partial charge in [-0.1, -0.05) is 53.4 Å². The van der Waals surface area contributed by atoms with Crippen LogP contribution in [0.4, 0.5) is 0 Å². The number of hydrogen-bond acceptors (Lipinski definition) is 1. The molecule has 1 heteroatoms. The Morgan fingerprint density at radius 1 is 1.19 bits per heavy atom. The normalized spacial score (nSPS) is 27.0. The molecular weight excluding hydrogens is 196 g/mol. The van der Waals surface area contributed by atoms with Crippen LogP contribution in [0.3, 0.4) is 0 Å². The van der Waals surface area contributed by atoms with Gasteiger partial charge in [-0.25, -0.2) is 0 Å². The van der Waals surface area contributed by atoms with E-state index in [-0.39, 0.29) is 6.10 Å². The minimum Gasteiger partial charge on any atom is -0.393 e. The summed E-state index contributed by atoms with van der Waals surface area (Å²) in [5, 5.41) is 10.3. The van der Waals surface area contributed by atoms with Crippen LogP contribution in [0.15, 0.2) is 0 Å². The molecule has 0 aliphatic heterocycles. The van der Waals surface area contributed by atoms with Crippen LogP contribution >= 0.6 is 0 Å². The molecule has 2 unspecified atom stereocenters. The minimum atomic E-state index is -0.0611. The topological polar surface area (TPSA) is 20.2 Å². The van der Waals surface area contributed by atoms with Gasteiger partial charge in [0, 0.05) is 0 Å². The Hall–Kier alpha value is -0.0400. The number of aliphatic hydroxyl groups is 1. The van der Waals surface area contributed by atoms with E-state index in [0.29, 0.717) is 11.3 Å². The molecule has 1 aliphatic rings. The lowest BCUT2D eigenvalue weighted by molar-refractivity contribution is -0.000806. The van der Waals surface area contributed by atoms with Crippen LogP contribution in [0, 0.1) is 17.3 Å². The van der Waals surface area contributed by atoms with E-state index >= 15 is 0 Å². The fraction of sp³-hybridized carbons (Fsp3) is 1.00. The fourth-order valence-corrected chi connectivity index (χ4v) is 3.17. The van der Waals surface area contributed by atoms with Crippen molar-refractivity contribution in [1.82, 2.24) is 0 Å². The van der Waals surface area contributed by atoms with E-state index in [9.17, 15) is 5.11 Å². The molecule has 0 radical (unpaired) electrons. The summed E-state index contributed by atoms with van der Waals surface area (Å²) in [6.45, 7) is 9.19. The van der Waals surface area contributed by atoms with Crippen LogP contribution < -0.4 is 0 Å². The van der Waals surface area contributed by atoms with Crippen molar-refractivity contribution in [2.45, 2.75) is 78.7 Å². The highest BCUT2D eigenvalue weighted by Crippen LogP contribution is 2.43. The van der Waals surface area contributed by atoms with Gasteiger partial charge in [0.25, 0.3) is 0 Å². The molecule has 1 N–H and O–H groups in total. The van der Waals surface area contributed by atoms with Crippen molar-refractivity contribution in [2.75, 3.05) is 0 Å². The maximum Gasteiger partial charge on any atom is 0.0573 e. The van der Waals surface area contributed by atoms with E-state index in [0.717, 1.165) is 12.3 Å². The molecule has 1 saturated carbocycles. The highest BCUT2D eigenvalue weighted by Gasteiger charge is 2.36. The van der Waals surface area contributed by atoms with Gasteiger partial charge in [-0.15, -0.1) is 0 Å². The monoisotopic (exact) mass is 226 g/mol. The summed E-state index contributed by atoms with van der Waals surface area (Å²) in [4.78, 5) is 0. The van der Waals surface area contributed by atoms with Gasteiger partial charge in [0.15, 0.2) is 0 Å². The van der Waals surface area contributed by atoms with Crippen LogP contribution in [0.25, 0.3) is 0 Å². The Morgan fingerprint density at radius 3 is 2.44 bits per heavy atom. The van der Waals surface area contributed by atoms with E-state index in [4.69, 9.17) is 0 Å². The van der Waals surface area contributed by atoms with Crippen LogP contribution in [-0.4, -0.2) is 11.2 Å². The molecule has 0 aromatic rings. The van der Waals surface area contributed by atoms with Crippen molar-refractivity contribution >= 4 is 0 Å². The van der Waals surface area contributed by atoms with E-state index in [2.05, 4.69) is 27.7 Å². The highest BCUT2D eigenvalue weighted by molar-refractivity contribution is 4.86. The van der Waals surface area contributed by atoms with Gasteiger partial charge < -0.3 is 5.11 Å². The SMILES string of the molecule is CC(C)CCCC(O)C1CCCCC1(C)C. The second-order valence-electron chi connectivity index (χ2n) is 6.73. The Kier molecular flexibility index (Phi) is 5.30. The number of aliphatic hydroxyl groups excluding tert-OH is 1. The lowest BCUT2D eigenvalue weighted by atomic mass is 9.66. The summed E-state index contributed by atoms with van der Waals surface area (Å²) in [5.74, 6) is 1.31. The smallest absolute Gasteiger partial charge is 0.0573 e. The third-order valence-electron chi connectivity index (χ3n) is 4.34. The molecule has 16 heavy (non-hydrogen) atoms. The van der Waals surface area contributed by atoms with Crippen molar-refractivity contribution in [3.63, 3.8) is 0 Å². The maximum absolute atomic E-state index is 10.3. The van der Waals surface area contributed by atoms with Crippen molar-refractivity contribution in [2.24, 2.45) is 17.3 Å². The van der Waals surface area contributed by atoms with Crippen LogP contribution in [-0.2, 0) is 0 Å². The summed E-state index contributed by atoms with van der Waals surface area (Å²) in [6.07, 6.45) is 8.57. The molecule has 0 heterocycles. The molecule has 0 bridgehead atoms. The average Bonchev–Trinajstić information content (AvgIpc) is 2.16. The summed E-state index contributed by atoms with van der Waals surface area (Å²) < 4.78 is 0. The first-order chi connectivity index (χ1) is 7.43. The first-order valence-corrected chi connectivity index (χ1v) is 7.11. The summed E-state index contributed by atoms with van der Waals surface area (Å²) in [5.41, 5.74) is 0.357. The quantitative estimate of drug-likeness (QED) is 0.737. The van der Waals surface area contributed by atoms with Crippen LogP contribution in [0.2, 0.25) is 0 Å². The molecular formula is C15H30O. The predicted molar refractivity (Wildman–Crippen MR) is 70.4 cm³/mol. The van der Waals surface area contributed by atoms with Crippen molar-refractivity contribution < 1.29 is 5.11 Å². The molecule has 96 valence electrons. The largest absolute Gasteiger partial charge is 0.393 e. The van der Waals surface area contributed by atoms with Gasteiger partial charge in [-0.3, -0.25) is 0 Å². The van der Waals surface area contributed by atoms with Gasteiger partial charge in [0.1, 0.15) is 0 Å². The van der Waals surface area contributed by atoms with Crippen LogP contribution in [0.5, 0.6) is 0 Å². The predicted octanol–water partition coefficient (Wildman–Crippen LogP) is 4.39. The van der Waals surface area contributed by atoms with Crippen molar-refractivity contribution in [1.29, 1.82) is 0 Å². The molecule has 2 atom stereocenters. The molecule has 1 fully saturated rings. The molecule has 0 spiro atoms. The highest BCUT2D eigenvalue weighted by atomic mass is 16.3. The zero-order valence-electron chi connectivity index (χ0n) is 11.6. The second-order valence-corrected chi connectivity index (χ2v) is 6.73. The summed E-state index contributed by atoms with van der Waals surface area (Å²) >= 11 is 0.